The minimum Gasteiger partial charge on any atom is -0.367 e. The molecule has 0 radical (unpaired) electrons. The fourth-order valence-electron chi connectivity index (χ4n) is 3.29. The van der Waals surface area contributed by atoms with E-state index >= 15 is 0 Å². The van der Waals surface area contributed by atoms with Crippen LogP contribution in [0.3, 0.4) is 0 Å². The minimum absolute atomic E-state index is 0. The molecule has 1 aliphatic rings. The highest BCUT2D eigenvalue weighted by Gasteiger charge is 2.21. The first kappa shape index (κ1) is 25.1. The van der Waals surface area contributed by atoms with Crippen molar-refractivity contribution >= 4 is 59.0 Å². The van der Waals surface area contributed by atoms with Gasteiger partial charge in [0.15, 0.2) is 11.8 Å². The minimum atomic E-state index is 0. The van der Waals surface area contributed by atoms with E-state index in [1.807, 2.05) is 48.5 Å². The number of guanidine groups is 1. The average molecular weight is 564 g/mol. The van der Waals surface area contributed by atoms with Gasteiger partial charge in [0.1, 0.15) is 12.4 Å². The van der Waals surface area contributed by atoms with E-state index < -0.39 is 0 Å². The average Bonchev–Trinajstić information content (AvgIpc) is 3.06. The van der Waals surface area contributed by atoms with Crippen molar-refractivity contribution in [2.24, 2.45) is 12.0 Å². The molecule has 1 aliphatic heterocycles. The summed E-state index contributed by atoms with van der Waals surface area (Å²) >= 11 is 8.25. The lowest BCUT2D eigenvalue weighted by atomic mass is 10.2. The molecule has 1 saturated heterocycles. The van der Waals surface area contributed by atoms with Crippen LogP contribution < -0.4 is 10.2 Å². The van der Waals surface area contributed by atoms with Crippen LogP contribution in [-0.4, -0.2) is 70.4 Å². The van der Waals surface area contributed by atoms with Gasteiger partial charge in [0.25, 0.3) is 0 Å². The largest absolute Gasteiger partial charge is 0.367 e. The second-order valence-electron chi connectivity index (χ2n) is 7.06. The Hall–Kier alpha value is -1.20. The predicted molar refractivity (Wildman–Crippen MR) is 139 cm³/mol. The number of anilines is 1. The van der Waals surface area contributed by atoms with Crippen LogP contribution in [0.2, 0.25) is 5.02 Å². The van der Waals surface area contributed by atoms with Gasteiger partial charge in [-0.25, -0.2) is 4.99 Å². The number of nitrogens with one attached hydrogen (secondary N) is 1. The van der Waals surface area contributed by atoms with Crippen LogP contribution in [0.25, 0.3) is 0 Å². The van der Waals surface area contributed by atoms with Gasteiger partial charge in [0.2, 0.25) is 0 Å². The van der Waals surface area contributed by atoms with Crippen molar-refractivity contribution in [2.75, 3.05) is 49.6 Å². The maximum Gasteiger partial charge on any atom is 0.194 e. The van der Waals surface area contributed by atoms with E-state index in [1.165, 1.54) is 0 Å². The maximum atomic E-state index is 6.38. The van der Waals surface area contributed by atoms with Gasteiger partial charge in [-0.2, -0.15) is 11.8 Å². The molecule has 1 aromatic carbocycles. The Balaban J connectivity index is 0.00000320. The van der Waals surface area contributed by atoms with Gasteiger partial charge in [-0.3, -0.25) is 0 Å². The molecule has 1 aromatic heterocycles. The lowest BCUT2D eigenvalue weighted by molar-refractivity contribution is 0.371. The quantitative estimate of drug-likeness (QED) is 0.241. The third-order valence-corrected chi connectivity index (χ3v) is 6.15. The highest BCUT2D eigenvalue weighted by molar-refractivity contribution is 14.0. The summed E-state index contributed by atoms with van der Waals surface area (Å²) in [5.74, 6) is 3.87. The standard InChI is InChI=1S/C20H30ClN7S.HI/c1-16-24-25-19(26(16)2)15-23-20(22-9-6-14-29-3)28-12-10-27(11-13-28)18-8-5-4-7-17(18)21;/h4-5,7-8H,6,9-15H2,1-3H3,(H,22,23);1H. The molecule has 0 amide bonds. The molecule has 0 saturated carbocycles. The number of halogens is 2. The van der Waals surface area contributed by atoms with Gasteiger partial charge in [0, 0.05) is 39.8 Å². The van der Waals surface area contributed by atoms with Crippen LogP contribution in [0.15, 0.2) is 29.3 Å². The lowest BCUT2D eigenvalue weighted by Gasteiger charge is -2.38. The number of para-hydroxylation sites is 1. The molecule has 0 atom stereocenters. The number of hydrogen-bond acceptors (Lipinski definition) is 5. The van der Waals surface area contributed by atoms with Crippen molar-refractivity contribution < 1.29 is 0 Å². The topological polar surface area (TPSA) is 61.6 Å². The third-order valence-electron chi connectivity index (χ3n) is 5.13. The van der Waals surface area contributed by atoms with Crippen molar-refractivity contribution in [3.63, 3.8) is 0 Å². The summed E-state index contributed by atoms with van der Waals surface area (Å²) in [6.07, 6.45) is 3.25. The zero-order chi connectivity index (χ0) is 20.6. The van der Waals surface area contributed by atoms with Crippen LogP contribution in [0, 0.1) is 6.92 Å². The molecule has 3 rings (SSSR count). The molecular formula is C20H31ClIN7S. The van der Waals surface area contributed by atoms with Crippen molar-refractivity contribution in [3.05, 3.63) is 40.9 Å². The second kappa shape index (κ2) is 12.6. The Morgan fingerprint density at radius 2 is 1.93 bits per heavy atom. The van der Waals surface area contributed by atoms with Gasteiger partial charge >= 0.3 is 0 Å². The van der Waals surface area contributed by atoms with Crippen LogP contribution >= 0.6 is 47.3 Å². The summed E-state index contributed by atoms with van der Waals surface area (Å²) < 4.78 is 1.99. The van der Waals surface area contributed by atoms with E-state index in [9.17, 15) is 0 Å². The van der Waals surface area contributed by atoms with E-state index in [0.29, 0.717) is 6.54 Å². The molecule has 2 aromatic rings. The Morgan fingerprint density at radius 3 is 2.57 bits per heavy atom. The van der Waals surface area contributed by atoms with E-state index in [4.69, 9.17) is 16.6 Å². The lowest BCUT2D eigenvalue weighted by Crippen LogP contribution is -2.52. The fraction of sp³-hybridized carbons (Fsp3) is 0.550. The van der Waals surface area contributed by atoms with E-state index in [2.05, 4.69) is 37.6 Å². The molecular weight excluding hydrogens is 533 g/mol. The van der Waals surface area contributed by atoms with Crippen molar-refractivity contribution in [1.82, 2.24) is 25.0 Å². The van der Waals surface area contributed by atoms with Crippen LogP contribution in [-0.2, 0) is 13.6 Å². The molecule has 0 spiro atoms. The summed E-state index contributed by atoms with van der Waals surface area (Å²) in [6.45, 7) is 7.02. The highest BCUT2D eigenvalue weighted by Crippen LogP contribution is 2.26. The number of aromatic nitrogens is 3. The first-order chi connectivity index (χ1) is 14.1. The van der Waals surface area contributed by atoms with Gasteiger partial charge < -0.3 is 19.7 Å². The number of thioether (sulfide) groups is 1. The Kier molecular flexibility index (Phi) is 10.5. The Labute approximate surface area is 205 Å². The van der Waals surface area contributed by atoms with Crippen molar-refractivity contribution in [2.45, 2.75) is 19.9 Å². The molecule has 30 heavy (non-hydrogen) atoms. The number of rotatable bonds is 7. The first-order valence-electron chi connectivity index (χ1n) is 9.96. The molecule has 2 heterocycles. The molecule has 7 nitrogen and oxygen atoms in total. The van der Waals surface area contributed by atoms with Gasteiger partial charge in [-0.15, -0.1) is 34.2 Å². The summed E-state index contributed by atoms with van der Waals surface area (Å²) in [6, 6.07) is 8.05. The molecule has 0 bridgehead atoms. The molecule has 1 fully saturated rings. The number of hydrogen-bond donors (Lipinski definition) is 1. The zero-order valence-electron chi connectivity index (χ0n) is 17.8. The van der Waals surface area contributed by atoms with Crippen LogP contribution in [0.1, 0.15) is 18.1 Å². The van der Waals surface area contributed by atoms with E-state index in [1.54, 1.807) is 0 Å². The number of aliphatic imine (C=N–C) groups is 1. The highest BCUT2D eigenvalue weighted by atomic mass is 127. The summed E-state index contributed by atoms with van der Waals surface area (Å²) in [7, 11) is 1.98. The fourth-order valence-corrected chi connectivity index (χ4v) is 3.97. The summed E-state index contributed by atoms with van der Waals surface area (Å²) in [4.78, 5) is 9.53. The predicted octanol–water partition coefficient (Wildman–Crippen LogP) is 3.42. The van der Waals surface area contributed by atoms with E-state index in [-0.39, 0.29) is 24.0 Å². The van der Waals surface area contributed by atoms with Crippen molar-refractivity contribution in [1.29, 1.82) is 0 Å². The second-order valence-corrected chi connectivity index (χ2v) is 8.45. The number of nitrogens with zero attached hydrogens (tertiary/aromatic N) is 6. The summed E-state index contributed by atoms with van der Waals surface area (Å²) in [5, 5.41) is 12.7. The van der Waals surface area contributed by atoms with Crippen LogP contribution in [0.5, 0.6) is 0 Å². The SMILES string of the molecule is CSCCCNC(=NCc1nnc(C)n1C)N1CCN(c2ccccc2Cl)CC1.I. The Bertz CT molecular complexity index is 821. The normalized spacial score (nSPS) is 14.6. The van der Waals surface area contributed by atoms with Crippen LogP contribution in [0.4, 0.5) is 5.69 Å². The van der Waals surface area contributed by atoms with Gasteiger partial charge in [-0.1, -0.05) is 23.7 Å². The molecule has 1 N–H and O–H groups in total. The van der Waals surface area contributed by atoms with Crippen molar-refractivity contribution in [3.8, 4) is 0 Å². The number of benzene rings is 1. The number of piperazine rings is 1. The maximum absolute atomic E-state index is 6.38. The van der Waals surface area contributed by atoms with Gasteiger partial charge in [-0.05, 0) is 37.5 Å². The number of aryl methyl sites for hydroxylation is 1. The molecule has 0 aliphatic carbocycles. The third kappa shape index (κ3) is 6.65. The monoisotopic (exact) mass is 563 g/mol. The molecule has 0 unspecified atom stereocenters. The smallest absolute Gasteiger partial charge is 0.194 e. The van der Waals surface area contributed by atoms with E-state index in [0.717, 1.165) is 73.2 Å². The molecule has 10 heteroatoms. The first-order valence-corrected chi connectivity index (χ1v) is 11.7. The Morgan fingerprint density at radius 1 is 1.20 bits per heavy atom. The zero-order valence-corrected chi connectivity index (χ0v) is 21.7. The summed E-state index contributed by atoms with van der Waals surface area (Å²) in [5.41, 5.74) is 1.11. The molecule has 166 valence electrons. The van der Waals surface area contributed by atoms with Gasteiger partial charge in [0.05, 0.1) is 10.7 Å².